The van der Waals surface area contributed by atoms with Crippen LogP contribution in [-0.4, -0.2) is 28.1 Å². The van der Waals surface area contributed by atoms with Gasteiger partial charge >= 0.3 is 7.12 Å². The van der Waals surface area contributed by atoms with Gasteiger partial charge < -0.3 is 9.31 Å². The largest absolute Gasteiger partial charge is 0.494 e. The minimum Gasteiger partial charge on any atom is -0.399 e. The Morgan fingerprint density at radius 3 is 2.41 bits per heavy atom. The van der Waals surface area contributed by atoms with Gasteiger partial charge in [0.1, 0.15) is 0 Å². The zero-order valence-electron chi connectivity index (χ0n) is 13.8. The monoisotopic (exact) mass is 298 g/mol. The standard InChI is InChI=1S/C17H23BN2O2/c1-16(2)17(3,4)22-18(21-16)13-8-9-15-12(10-13)11-19-20(15)14-6-5-7-14/h8-11,14H,5-7H2,1-4H3. The van der Waals surface area contributed by atoms with E-state index in [0.29, 0.717) is 6.04 Å². The zero-order valence-corrected chi connectivity index (χ0v) is 13.8. The smallest absolute Gasteiger partial charge is 0.399 e. The first-order valence-corrected chi connectivity index (χ1v) is 8.20. The summed E-state index contributed by atoms with van der Waals surface area (Å²) in [5, 5.41) is 5.74. The molecule has 0 amide bonds. The molecule has 22 heavy (non-hydrogen) atoms. The topological polar surface area (TPSA) is 36.3 Å². The number of hydrogen-bond donors (Lipinski definition) is 0. The van der Waals surface area contributed by atoms with Gasteiger partial charge in [-0.25, -0.2) is 0 Å². The summed E-state index contributed by atoms with van der Waals surface area (Å²) in [7, 11) is -0.304. The highest BCUT2D eigenvalue weighted by atomic mass is 16.7. The summed E-state index contributed by atoms with van der Waals surface area (Å²) in [5.41, 5.74) is 1.68. The maximum absolute atomic E-state index is 6.14. The second-order valence-electron chi connectivity index (χ2n) is 7.58. The van der Waals surface area contributed by atoms with Crippen molar-refractivity contribution in [2.45, 2.75) is 64.2 Å². The molecule has 2 heterocycles. The van der Waals surface area contributed by atoms with Gasteiger partial charge in [0.25, 0.3) is 0 Å². The summed E-state index contributed by atoms with van der Waals surface area (Å²) in [6.45, 7) is 8.33. The normalized spacial score (nSPS) is 23.9. The van der Waals surface area contributed by atoms with Crippen LogP contribution in [0.2, 0.25) is 0 Å². The van der Waals surface area contributed by atoms with Crippen molar-refractivity contribution in [2.24, 2.45) is 0 Å². The Morgan fingerprint density at radius 2 is 1.82 bits per heavy atom. The van der Waals surface area contributed by atoms with E-state index in [9.17, 15) is 0 Å². The summed E-state index contributed by atoms with van der Waals surface area (Å²) >= 11 is 0. The number of benzene rings is 1. The second kappa shape index (κ2) is 4.59. The molecule has 2 fully saturated rings. The molecule has 1 saturated carbocycles. The van der Waals surface area contributed by atoms with E-state index in [4.69, 9.17) is 9.31 Å². The molecule has 2 aromatic rings. The molecular formula is C17H23BN2O2. The van der Waals surface area contributed by atoms with Gasteiger partial charge in [-0.2, -0.15) is 5.10 Å². The molecule has 0 radical (unpaired) electrons. The molecule has 0 spiro atoms. The van der Waals surface area contributed by atoms with Gasteiger partial charge in [-0.05, 0) is 58.5 Å². The van der Waals surface area contributed by atoms with Gasteiger partial charge in [-0.15, -0.1) is 0 Å². The number of fused-ring (bicyclic) bond motifs is 1. The predicted molar refractivity (Wildman–Crippen MR) is 88.3 cm³/mol. The quantitative estimate of drug-likeness (QED) is 0.800. The van der Waals surface area contributed by atoms with E-state index < -0.39 is 0 Å². The first kappa shape index (κ1) is 14.3. The molecule has 1 aromatic heterocycles. The summed E-state index contributed by atoms with van der Waals surface area (Å²) in [6.07, 6.45) is 5.77. The van der Waals surface area contributed by atoms with Gasteiger partial charge in [0, 0.05) is 5.39 Å². The lowest BCUT2D eigenvalue weighted by atomic mass is 9.78. The molecule has 0 N–H and O–H groups in total. The maximum atomic E-state index is 6.14. The molecule has 4 rings (SSSR count). The molecule has 2 aliphatic rings. The van der Waals surface area contributed by atoms with E-state index in [1.54, 1.807) is 0 Å². The Hall–Kier alpha value is -1.33. The van der Waals surface area contributed by atoms with Crippen LogP contribution in [0, 0.1) is 0 Å². The van der Waals surface area contributed by atoms with E-state index in [0.717, 1.165) is 5.46 Å². The van der Waals surface area contributed by atoms with Crippen molar-refractivity contribution in [1.82, 2.24) is 9.78 Å². The average Bonchev–Trinajstić information content (AvgIpc) is 2.87. The third-order valence-corrected chi connectivity index (χ3v) is 5.57. The predicted octanol–water partition coefficient (Wildman–Crippen LogP) is 3.06. The van der Waals surface area contributed by atoms with E-state index in [1.807, 2.05) is 6.20 Å². The highest BCUT2D eigenvalue weighted by Gasteiger charge is 2.51. The van der Waals surface area contributed by atoms with E-state index in [-0.39, 0.29) is 18.3 Å². The third-order valence-electron chi connectivity index (χ3n) is 5.57. The summed E-state index contributed by atoms with van der Waals surface area (Å²) in [5.74, 6) is 0. The van der Waals surface area contributed by atoms with Gasteiger partial charge in [-0.1, -0.05) is 12.1 Å². The fraction of sp³-hybridized carbons (Fsp3) is 0.588. The lowest BCUT2D eigenvalue weighted by Crippen LogP contribution is -2.41. The molecule has 0 bridgehead atoms. The van der Waals surface area contributed by atoms with E-state index in [2.05, 4.69) is 55.7 Å². The van der Waals surface area contributed by atoms with Crippen LogP contribution in [0.15, 0.2) is 24.4 Å². The van der Waals surface area contributed by atoms with Gasteiger partial charge in [-0.3, -0.25) is 4.68 Å². The van der Waals surface area contributed by atoms with Crippen molar-refractivity contribution in [3.05, 3.63) is 24.4 Å². The van der Waals surface area contributed by atoms with Crippen molar-refractivity contribution in [2.75, 3.05) is 0 Å². The van der Waals surface area contributed by atoms with Crippen LogP contribution < -0.4 is 5.46 Å². The van der Waals surface area contributed by atoms with Crippen LogP contribution in [0.25, 0.3) is 10.9 Å². The molecule has 1 aromatic carbocycles. The van der Waals surface area contributed by atoms with Crippen LogP contribution in [-0.2, 0) is 9.31 Å². The molecule has 1 aliphatic heterocycles. The number of rotatable bonds is 2. The third kappa shape index (κ3) is 2.03. The number of hydrogen-bond acceptors (Lipinski definition) is 3. The molecule has 4 nitrogen and oxygen atoms in total. The SMILES string of the molecule is CC1(C)OB(c2ccc3c(cnn3C3CCC3)c2)OC1(C)C. The molecule has 1 saturated heterocycles. The molecular weight excluding hydrogens is 275 g/mol. The van der Waals surface area contributed by atoms with E-state index in [1.165, 1.54) is 30.2 Å². The fourth-order valence-electron chi connectivity index (χ4n) is 3.12. The highest BCUT2D eigenvalue weighted by molar-refractivity contribution is 6.62. The Morgan fingerprint density at radius 1 is 1.14 bits per heavy atom. The lowest BCUT2D eigenvalue weighted by molar-refractivity contribution is 0.00578. The minimum absolute atomic E-state index is 0.303. The Bertz CT molecular complexity index is 703. The summed E-state index contributed by atoms with van der Waals surface area (Å²) in [4.78, 5) is 0. The van der Waals surface area contributed by atoms with Crippen LogP contribution in [0.4, 0.5) is 0 Å². The minimum atomic E-state index is -0.304. The van der Waals surface area contributed by atoms with Crippen molar-refractivity contribution < 1.29 is 9.31 Å². The number of nitrogens with zero attached hydrogens (tertiary/aromatic N) is 2. The van der Waals surface area contributed by atoms with Gasteiger partial charge in [0.15, 0.2) is 0 Å². The van der Waals surface area contributed by atoms with Crippen LogP contribution in [0.3, 0.4) is 0 Å². The Kier molecular flexibility index (Phi) is 2.98. The number of aromatic nitrogens is 2. The second-order valence-corrected chi connectivity index (χ2v) is 7.58. The maximum Gasteiger partial charge on any atom is 0.494 e. The molecule has 5 heteroatoms. The van der Waals surface area contributed by atoms with Gasteiger partial charge in [0.05, 0.1) is 29.0 Å². The zero-order chi connectivity index (χ0) is 15.5. The molecule has 116 valence electrons. The van der Waals surface area contributed by atoms with Crippen LogP contribution in [0.5, 0.6) is 0 Å². The highest BCUT2D eigenvalue weighted by Crippen LogP contribution is 2.37. The molecule has 1 aliphatic carbocycles. The lowest BCUT2D eigenvalue weighted by Gasteiger charge is -2.32. The van der Waals surface area contributed by atoms with Crippen molar-refractivity contribution >= 4 is 23.5 Å². The molecule has 0 unspecified atom stereocenters. The Balaban J connectivity index is 1.66. The van der Waals surface area contributed by atoms with Crippen LogP contribution >= 0.6 is 0 Å². The van der Waals surface area contributed by atoms with Crippen molar-refractivity contribution in [3.63, 3.8) is 0 Å². The molecule has 0 atom stereocenters. The van der Waals surface area contributed by atoms with Crippen LogP contribution in [0.1, 0.15) is 53.0 Å². The fourth-order valence-corrected chi connectivity index (χ4v) is 3.12. The van der Waals surface area contributed by atoms with Crippen molar-refractivity contribution in [1.29, 1.82) is 0 Å². The average molecular weight is 298 g/mol. The Labute approximate surface area is 131 Å². The summed E-state index contributed by atoms with van der Waals surface area (Å²) < 4.78 is 14.4. The van der Waals surface area contributed by atoms with Gasteiger partial charge in [0.2, 0.25) is 0 Å². The van der Waals surface area contributed by atoms with Crippen molar-refractivity contribution in [3.8, 4) is 0 Å². The first-order chi connectivity index (χ1) is 10.4. The summed E-state index contributed by atoms with van der Waals surface area (Å²) in [6, 6.07) is 7.00. The van der Waals surface area contributed by atoms with E-state index >= 15 is 0 Å². The first-order valence-electron chi connectivity index (χ1n) is 8.20.